The molecule has 4 atom stereocenters. The number of amides is 1. The highest BCUT2D eigenvalue weighted by Crippen LogP contribution is 2.42. The zero-order valence-electron chi connectivity index (χ0n) is 21.5. The summed E-state index contributed by atoms with van der Waals surface area (Å²) in [5.74, 6) is -5.18. The molecule has 0 bridgehead atoms. The number of piperidine rings is 1. The molecular formula is C26H32FN3O8S2. The molecule has 218 valence electrons. The third-order valence-electron chi connectivity index (χ3n) is 6.65. The van der Waals surface area contributed by atoms with Crippen LogP contribution >= 0.6 is 21.6 Å². The van der Waals surface area contributed by atoms with Gasteiger partial charge in [0.05, 0.1) is 6.04 Å². The zero-order valence-corrected chi connectivity index (χ0v) is 23.2. The van der Waals surface area contributed by atoms with E-state index in [9.17, 15) is 38.6 Å². The van der Waals surface area contributed by atoms with Crippen molar-refractivity contribution in [2.75, 3.05) is 12.3 Å². The number of nitrogens with zero attached hydrogens (tertiary/aromatic N) is 1. The summed E-state index contributed by atoms with van der Waals surface area (Å²) < 4.78 is 14.4. The Hall–Kier alpha value is -2.94. The summed E-state index contributed by atoms with van der Waals surface area (Å²) in [5, 5.41) is 29.9. The van der Waals surface area contributed by atoms with Crippen molar-refractivity contribution >= 4 is 51.2 Å². The van der Waals surface area contributed by atoms with Crippen LogP contribution in [0.4, 0.5) is 4.39 Å². The highest BCUT2D eigenvalue weighted by molar-refractivity contribution is 8.77. The number of ketones is 1. The van der Waals surface area contributed by atoms with E-state index in [0.29, 0.717) is 36.9 Å². The lowest BCUT2D eigenvalue weighted by molar-refractivity contribution is -0.141. The minimum atomic E-state index is -1.29. The van der Waals surface area contributed by atoms with E-state index in [-0.39, 0.29) is 36.8 Å². The summed E-state index contributed by atoms with van der Waals surface area (Å²) in [6.07, 6.45) is 2.49. The van der Waals surface area contributed by atoms with Crippen LogP contribution in [0.25, 0.3) is 0 Å². The third kappa shape index (κ3) is 9.04. The molecule has 1 aliphatic heterocycles. The van der Waals surface area contributed by atoms with Crippen molar-refractivity contribution in [1.29, 1.82) is 0 Å². The number of nitrogens with one attached hydrogen (secondary N) is 1. The van der Waals surface area contributed by atoms with E-state index in [1.54, 1.807) is 23.1 Å². The van der Waals surface area contributed by atoms with Gasteiger partial charge in [0, 0.05) is 48.1 Å². The fraction of sp³-hybridized carbons (Fsp3) is 0.500. The largest absolute Gasteiger partial charge is 0.480 e. The van der Waals surface area contributed by atoms with E-state index in [1.807, 2.05) is 0 Å². The molecule has 4 unspecified atom stereocenters. The summed E-state index contributed by atoms with van der Waals surface area (Å²) in [4.78, 5) is 61.6. The molecule has 1 aromatic carbocycles. The van der Waals surface area contributed by atoms with Gasteiger partial charge in [-0.2, -0.15) is 0 Å². The van der Waals surface area contributed by atoms with Gasteiger partial charge in [0.25, 0.3) is 0 Å². The minimum absolute atomic E-state index is 0.0618. The lowest BCUT2D eigenvalue weighted by Gasteiger charge is -2.40. The fourth-order valence-corrected chi connectivity index (χ4v) is 7.25. The number of carbonyl (C=O) groups is 5. The number of Topliss-reactive ketones (excluding diaryl/α,β-unsaturated/α-hetero) is 1. The lowest BCUT2D eigenvalue weighted by atomic mass is 9.89. The van der Waals surface area contributed by atoms with Gasteiger partial charge in [-0.1, -0.05) is 39.8 Å². The Morgan fingerprint density at radius 3 is 2.40 bits per heavy atom. The topological polar surface area (TPSA) is 187 Å². The van der Waals surface area contributed by atoms with Crippen molar-refractivity contribution in [3.63, 3.8) is 0 Å². The van der Waals surface area contributed by atoms with Crippen molar-refractivity contribution in [3.05, 3.63) is 47.3 Å². The maximum Gasteiger partial charge on any atom is 0.328 e. The molecule has 3 rings (SSSR count). The molecule has 1 saturated heterocycles. The standard InChI is InChI=1S/C26H32FN3O8S2/c27-17-4-2-1-3-15(17)12-30-10-9-20(16(11-22(32)33)23(30)24(34)14-5-6-14)40-39-13-19(26(37)38)29-21(31)8-7-18(28)25(35)36/h1-4,11,14,18-20,23H,5-10,12-13,28H2,(H,29,31)(H,32,33)(H,35,36)(H,37,38)/b16-11+. The van der Waals surface area contributed by atoms with Crippen molar-refractivity contribution in [2.24, 2.45) is 11.7 Å². The molecule has 6 N–H and O–H groups in total. The monoisotopic (exact) mass is 597 g/mol. The summed E-state index contributed by atoms with van der Waals surface area (Å²) in [5.41, 5.74) is 6.16. The van der Waals surface area contributed by atoms with Crippen LogP contribution in [0.3, 0.4) is 0 Å². The highest BCUT2D eigenvalue weighted by Gasteiger charge is 2.44. The molecule has 1 amide bonds. The number of aliphatic carboxylic acids is 3. The van der Waals surface area contributed by atoms with Gasteiger partial charge in [-0.3, -0.25) is 19.3 Å². The first-order valence-corrected chi connectivity index (χ1v) is 15.1. The predicted molar refractivity (Wildman–Crippen MR) is 147 cm³/mol. The summed E-state index contributed by atoms with van der Waals surface area (Å²) in [7, 11) is 2.35. The molecule has 1 aromatic rings. The van der Waals surface area contributed by atoms with Crippen molar-refractivity contribution in [2.45, 2.75) is 62.0 Å². The number of carbonyl (C=O) groups excluding carboxylic acids is 2. The Bertz CT molecular complexity index is 1160. The van der Waals surface area contributed by atoms with Gasteiger partial charge >= 0.3 is 17.9 Å². The zero-order chi connectivity index (χ0) is 29.4. The lowest BCUT2D eigenvalue weighted by Crippen LogP contribution is -2.50. The van der Waals surface area contributed by atoms with E-state index in [4.69, 9.17) is 10.8 Å². The van der Waals surface area contributed by atoms with Crippen LogP contribution in [0.2, 0.25) is 0 Å². The van der Waals surface area contributed by atoms with Crippen LogP contribution in [-0.4, -0.2) is 85.5 Å². The quantitative estimate of drug-likeness (QED) is 0.146. The molecule has 1 heterocycles. The molecule has 14 heteroatoms. The number of nitrogens with two attached hydrogens (primary N) is 1. The highest BCUT2D eigenvalue weighted by atomic mass is 33.1. The Morgan fingerprint density at radius 1 is 1.10 bits per heavy atom. The van der Waals surface area contributed by atoms with E-state index in [0.717, 1.165) is 16.9 Å². The second-order valence-corrected chi connectivity index (χ2v) is 12.3. The molecule has 2 fully saturated rings. The number of carboxylic acids is 3. The van der Waals surface area contributed by atoms with Crippen LogP contribution in [-0.2, 0) is 30.5 Å². The average molecular weight is 598 g/mol. The number of rotatable bonds is 15. The number of carboxylic acid groups (broad SMARTS) is 3. The summed E-state index contributed by atoms with van der Waals surface area (Å²) in [6, 6.07) is 2.86. The average Bonchev–Trinajstić information content (AvgIpc) is 3.74. The van der Waals surface area contributed by atoms with Gasteiger partial charge in [-0.05, 0) is 37.3 Å². The van der Waals surface area contributed by atoms with Gasteiger partial charge in [0.15, 0.2) is 5.78 Å². The second kappa shape index (κ2) is 14.6. The molecule has 2 aliphatic rings. The summed E-state index contributed by atoms with van der Waals surface area (Å²) >= 11 is 0. The molecule has 40 heavy (non-hydrogen) atoms. The van der Waals surface area contributed by atoms with Crippen LogP contribution in [0.15, 0.2) is 35.9 Å². The number of halogens is 1. The van der Waals surface area contributed by atoms with E-state index < -0.39 is 53.0 Å². The van der Waals surface area contributed by atoms with E-state index in [1.165, 1.54) is 16.9 Å². The molecule has 0 radical (unpaired) electrons. The van der Waals surface area contributed by atoms with Gasteiger partial charge < -0.3 is 26.4 Å². The molecule has 0 aromatic heterocycles. The van der Waals surface area contributed by atoms with Gasteiger partial charge in [-0.15, -0.1) is 0 Å². The molecule has 1 aliphatic carbocycles. The van der Waals surface area contributed by atoms with Crippen LogP contribution in [0, 0.1) is 11.7 Å². The van der Waals surface area contributed by atoms with Gasteiger partial charge in [-0.25, -0.2) is 14.0 Å². The van der Waals surface area contributed by atoms with Crippen LogP contribution < -0.4 is 11.1 Å². The fourth-order valence-electron chi connectivity index (χ4n) is 4.38. The van der Waals surface area contributed by atoms with Crippen molar-refractivity contribution in [3.8, 4) is 0 Å². The molecule has 1 saturated carbocycles. The number of hydrogen-bond donors (Lipinski definition) is 5. The predicted octanol–water partition coefficient (Wildman–Crippen LogP) is 1.90. The smallest absolute Gasteiger partial charge is 0.328 e. The number of benzene rings is 1. The third-order valence-corrected chi connectivity index (χ3v) is 9.51. The maximum absolute atomic E-state index is 14.4. The van der Waals surface area contributed by atoms with Gasteiger partial charge in [0.1, 0.15) is 17.9 Å². The van der Waals surface area contributed by atoms with Crippen molar-refractivity contribution in [1.82, 2.24) is 10.2 Å². The van der Waals surface area contributed by atoms with E-state index in [2.05, 4.69) is 5.32 Å². The van der Waals surface area contributed by atoms with Crippen molar-refractivity contribution < 1.29 is 43.7 Å². The van der Waals surface area contributed by atoms with Crippen LogP contribution in [0.5, 0.6) is 0 Å². The van der Waals surface area contributed by atoms with Gasteiger partial charge in [0.2, 0.25) is 5.91 Å². The first-order chi connectivity index (χ1) is 19.0. The second-order valence-electron chi connectivity index (χ2n) is 9.72. The number of likely N-dealkylation sites (tertiary alicyclic amines) is 1. The molecular weight excluding hydrogens is 565 g/mol. The normalized spacial score (nSPS) is 21.9. The summed E-state index contributed by atoms with van der Waals surface area (Å²) in [6.45, 7) is 0.533. The Balaban J connectivity index is 1.69. The molecule has 11 nitrogen and oxygen atoms in total. The first kappa shape index (κ1) is 31.6. The number of hydrogen-bond acceptors (Lipinski definition) is 9. The van der Waals surface area contributed by atoms with E-state index >= 15 is 0 Å². The minimum Gasteiger partial charge on any atom is -0.480 e. The SMILES string of the molecule is NC(CCC(=O)NC(CSSC1CCN(Cc2ccccc2F)C(C(=O)C2CC2)/C1=C/C(=O)O)C(=O)O)C(=O)O. The maximum atomic E-state index is 14.4. The Kier molecular flexibility index (Phi) is 11.5. The first-order valence-electron chi connectivity index (χ1n) is 12.7. The molecule has 0 spiro atoms. The Labute approximate surface area is 238 Å². The van der Waals surface area contributed by atoms with Crippen LogP contribution in [0.1, 0.15) is 37.7 Å². The Morgan fingerprint density at radius 2 is 1.80 bits per heavy atom.